The molecule has 0 aromatic heterocycles. The topological polar surface area (TPSA) is 49.5 Å². The summed E-state index contributed by atoms with van der Waals surface area (Å²) in [4.78, 5) is 2.19. The van der Waals surface area contributed by atoms with E-state index in [1.54, 1.807) is 0 Å². The highest BCUT2D eigenvalue weighted by Gasteiger charge is 2.09. The van der Waals surface area contributed by atoms with Gasteiger partial charge in [0, 0.05) is 36.4 Å². The van der Waals surface area contributed by atoms with E-state index in [1.807, 2.05) is 25.1 Å². The second kappa shape index (κ2) is 6.84. The number of nitrogens with zero attached hydrogens (tertiary/aromatic N) is 1. The van der Waals surface area contributed by atoms with Crippen LogP contribution in [0.3, 0.4) is 0 Å². The Morgan fingerprint density at radius 1 is 1.47 bits per heavy atom. The minimum absolute atomic E-state index is 0.0518. The molecule has 0 aliphatic rings. The van der Waals surface area contributed by atoms with Crippen LogP contribution in [0.1, 0.15) is 31.9 Å². The maximum atomic E-state index is 8.86. The van der Waals surface area contributed by atoms with Gasteiger partial charge in [0.1, 0.15) is 0 Å². The van der Waals surface area contributed by atoms with E-state index < -0.39 is 0 Å². The number of benzene rings is 1. The molecule has 0 saturated heterocycles. The van der Waals surface area contributed by atoms with E-state index in [2.05, 4.69) is 11.8 Å². The highest BCUT2D eigenvalue weighted by atomic mass is 35.5. The van der Waals surface area contributed by atoms with Crippen LogP contribution in [0.5, 0.6) is 0 Å². The van der Waals surface area contributed by atoms with Gasteiger partial charge in [-0.1, -0.05) is 17.7 Å². The molecule has 0 saturated carbocycles. The van der Waals surface area contributed by atoms with Crippen LogP contribution >= 0.6 is 11.6 Å². The molecule has 3 N–H and O–H groups in total. The van der Waals surface area contributed by atoms with Crippen LogP contribution in [0.2, 0.25) is 5.02 Å². The molecule has 1 aromatic carbocycles. The van der Waals surface area contributed by atoms with Crippen LogP contribution < -0.4 is 10.6 Å². The molecule has 1 aromatic rings. The summed E-state index contributed by atoms with van der Waals surface area (Å²) < 4.78 is 0. The van der Waals surface area contributed by atoms with Gasteiger partial charge < -0.3 is 15.7 Å². The predicted molar refractivity (Wildman–Crippen MR) is 73.6 cm³/mol. The first-order chi connectivity index (χ1) is 8.10. The number of rotatable bonds is 6. The number of hydrogen-bond acceptors (Lipinski definition) is 3. The SMILES string of the molecule is CCN(CCCO)c1ccc(C(C)N)c(Cl)c1. The van der Waals surface area contributed by atoms with Crippen LogP contribution in [-0.4, -0.2) is 24.8 Å². The first-order valence-electron chi connectivity index (χ1n) is 6.01. The zero-order valence-corrected chi connectivity index (χ0v) is 11.2. The van der Waals surface area contributed by atoms with Crippen LogP contribution in [-0.2, 0) is 0 Å². The quantitative estimate of drug-likeness (QED) is 0.823. The van der Waals surface area contributed by atoms with E-state index in [1.165, 1.54) is 0 Å². The third kappa shape index (κ3) is 3.87. The van der Waals surface area contributed by atoms with Crippen molar-refractivity contribution in [2.24, 2.45) is 5.73 Å². The average molecular weight is 257 g/mol. The minimum atomic E-state index is -0.0518. The number of anilines is 1. The lowest BCUT2D eigenvalue weighted by atomic mass is 10.1. The second-order valence-electron chi connectivity index (χ2n) is 4.15. The van der Waals surface area contributed by atoms with E-state index in [0.717, 1.165) is 30.8 Å². The molecule has 1 rings (SSSR count). The Bertz CT molecular complexity index is 355. The molecule has 0 heterocycles. The van der Waals surface area contributed by atoms with Gasteiger partial charge in [-0.3, -0.25) is 0 Å². The Balaban J connectivity index is 2.86. The summed E-state index contributed by atoms with van der Waals surface area (Å²) in [6.45, 7) is 5.95. The van der Waals surface area contributed by atoms with Crippen molar-refractivity contribution in [3.63, 3.8) is 0 Å². The van der Waals surface area contributed by atoms with Crippen molar-refractivity contribution in [2.45, 2.75) is 26.3 Å². The lowest BCUT2D eigenvalue weighted by molar-refractivity contribution is 0.289. The van der Waals surface area contributed by atoms with Gasteiger partial charge in [0.25, 0.3) is 0 Å². The Labute approximate surface area is 108 Å². The molecule has 96 valence electrons. The van der Waals surface area contributed by atoms with Gasteiger partial charge in [-0.05, 0) is 38.0 Å². The molecule has 0 amide bonds. The third-order valence-corrected chi connectivity index (χ3v) is 3.13. The Morgan fingerprint density at radius 3 is 2.65 bits per heavy atom. The van der Waals surface area contributed by atoms with Crippen molar-refractivity contribution in [3.05, 3.63) is 28.8 Å². The fourth-order valence-electron chi connectivity index (χ4n) is 1.81. The summed E-state index contributed by atoms with van der Waals surface area (Å²) >= 11 is 6.20. The first-order valence-corrected chi connectivity index (χ1v) is 6.38. The summed E-state index contributed by atoms with van der Waals surface area (Å²) in [6, 6.07) is 5.90. The molecule has 0 bridgehead atoms. The molecule has 1 atom stereocenters. The van der Waals surface area contributed by atoms with Gasteiger partial charge >= 0.3 is 0 Å². The lowest BCUT2D eigenvalue weighted by Crippen LogP contribution is -2.24. The highest BCUT2D eigenvalue weighted by molar-refractivity contribution is 6.31. The van der Waals surface area contributed by atoms with E-state index in [9.17, 15) is 0 Å². The molecule has 0 radical (unpaired) electrons. The molecule has 4 heteroatoms. The fourth-order valence-corrected chi connectivity index (χ4v) is 2.16. The standard InChI is InChI=1S/C13H21ClN2O/c1-3-16(7-4-8-17)11-5-6-12(10(2)15)13(14)9-11/h5-6,9-10,17H,3-4,7-8,15H2,1-2H3. The van der Waals surface area contributed by atoms with Gasteiger partial charge in [-0.2, -0.15) is 0 Å². The van der Waals surface area contributed by atoms with Crippen molar-refractivity contribution in [1.82, 2.24) is 0 Å². The molecule has 0 fully saturated rings. The molecule has 17 heavy (non-hydrogen) atoms. The zero-order chi connectivity index (χ0) is 12.8. The predicted octanol–water partition coefficient (Wildman–Crippen LogP) is 2.57. The summed E-state index contributed by atoms with van der Waals surface area (Å²) in [7, 11) is 0. The smallest absolute Gasteiger partial charge is 0.0474 e. The fraction of sp³-hybridized carbons (Fsp3) is 0.538. The van der Waals surface area contributed by atoms with Gasteiger partial charge in [0.05, 0.1) is 0 Å². The van der Waals surface area contributed by atoms with Gasteiger partial charge in [-0.25, -0.2) is 0 Å². The number of aliphatic hydroxyl groups excluding tert-OH is 1. The lowest BCUT2D eigenvalue weighted by Gasteiger charge is -2.23. The third-order valence-electron chi connectivity index (χ3n) is 2.81. The molecule has 0 aliphatic carbocycles. The molecule has 0 aliphatic heterocycles. The van der Waals surface area contributed by atoms with Crippen molar-refractivity contribution in [3.8, 4) is 0 Å². The molecule has 1 unspecified atom stereocenters. The normalized spacial score (nSPS) is 12.5. The average Bonchev–Trinajstić information content (AvgIpc) is 2.29. The van der Waals surface area contributed by atoms with Crippen molar-refractivity contribution in [2.75, 3.05) is 24.6 Å². The largest absolute Gasteiger partial charge is 0.396 e. The number of aliphatic hydroxyl groups is 1. The van der Waals surface area contributed by atoms with Crippen LogP contribution in [0, 0.1) is 0 Å². The maximum Gasteiger partial charge on any atom is 0.0474 e. The second-order valence-corrected chi connectivity index (χ2v) is 4.56. The Kier molecular flexibility index (Phi) is 5.75. The number of hydrogen-bond donors (Lipinski definition) is 2. The first kappa shape index (κ1) is 14.3. The molecule has 0 spiro atoms. The van der Waals surface area contributed by atoms with E-state index in [-0.39, 0.29) is 12.6 Å². The summed E-state index contributed by atoms with van der Waals surface area (Å²) in [5.41, 5.74) is 7.87. The van der Waals surface area contributed by atoms with E-state index in [0.29, 0.717) is 5.02 Å². The van der Waals surface area contributed by atoms with E-state index in [4.69, 9.17) is 22.4 Å². The number of nitrogens with two attached hydrogens (primary N) is 1. The zero-order valence-electron chi connectivity index (χ0n) is 10.5. The van der Waals surface area contributed by atoms with E-state index >= 15 is 0 Å². The monoisotopic (exact) mass is 256 g/mol. The molecule has 3 nitrogen and oxygen atoms in total. The van der Waals surface area contributed by atoms with Gasteiger partial charge in [0.2, 0.25) is 0 Å². The number of halogens is 1. The summed E-state index contributed by atoms with van der Waals surface area (Å²) in [5.74, 6) is 0. The van der Waals surface area contributed by atoms with Crippen molar-refractivity contribution < 1.29 is 5.11 Å². The summed E-state index contributed by atoms with van der Waals surface area (Å²) in [5, 5.41) is 9.57. The van der Waals surface area contributed by atoms with Crippen LogP contribution in [0.4, 0.5) is 5.69 Å². The molecular formula is C13H21ClN2O. The minimum Gasteiger partial charge on any atom is -0.396 e. The van der Waals surface area contributed by atoms with Gasteiger partial charge in [-0.15, -0.1) is 0 Å². The Morgan fingerprint density at radius 2 is 2.18 bits per heavy atom. The highest BCUT2D eigenvalue weighted by Crippen LogP contribution is 2.27. The van der Waals surface area contributed by atoms with Gasteiger partial charge in [0.15, 0.2) is 0 Å². The van der Waals surface area contributed by atoms with Crippen LogP contribution in [0.25, 0.3) is 0 Å². The maximum absolute atomic E-state index is 8.86. The summed E-state index contributed by atoms with van der Waals surface area (Å²) in [6.07, 6.45) is 0.764. The Hall–Kier alpha value is -0.770. The van der Waals surface area contributed by atoms with Crippen molar-refractivity contribution in [1.29, 1.82) is 0 Å². The van der Waals surface area contributed by atoms with Crippen LogP contribution in [0.15, 0.2) is 18.2 Å². The van der Waals surface area contributed by atoms with Crippen molar-refractivity contribution >= 4 is 17.3 Å². The molecular weight excluding hydrogens is 236 g/mol.